The van der Waals surface area contributed by atoms with Crippen molar-refractivity contribution in [2.24, 2.45) is 0 Å². The average Bonchev–Trinajstić information content (AvgIpc) is 3.00. The molecule has 1 aromatic heterocycles. The molecule has 1 atom stereocenters. The number of rotatable bonds is 2. The Balaban J connectivity index is 1.84. The highest BCUT2D eigenvalue weighted by molar-refractivity contribution is 5.95. The van der Waals surface area contributed by atoms with Crippen molar-refractivity contribution in [1.82, 2.24) is 14.8 Å². The number of hydrogen-bond donors (Lipinski definition) is 1. The number of hydrogen-bond acceptors (Lipinski definition) is 5. The van der Waals surface area contributed by atoms with Crippen molar-refractivity contribution >= 4 is 11.6 Å². The second-order valence-corrected chi connectivity index (χ2v) is 5.32. The summed E-state index contributed by atoms with van der Waals surface area (Å²) in [5.74, 6) is 2.04. The summed E-state index contributed by atoms with van der Waals surface area (Å²) in [4.78, 5) is 16.4. The summed E-state index contributed by atoms with van der Waals surface area (Å²) >= 11 is 0. The molecule has 2 aliphatic rings. The molecule has 114 valence electrons. The second kappa shape index (κ2) is 5.01. The van der Waals surface area contributed by atoms with Gasteiger partial charge in [0.25, 0.3) is 0 Å². The van der Waals surface area contributed by atoms with Gasteiger partial charge in [0.15, 0.2) is 11.5 Å². The van der Waals surface area contributed by atoms with Crippen LogP contribution in [0, 0.1) is 0 Å². The maximum Gasteiger partial charge on any atom is 0.225 e. The molecule has 7 heteroatoms. The zero-order chi connectivity index (χ0) is 15.1. The van der Waals surface area contributed by atoms with E-state index >= 15 is 0 Å². The lowest BCUT2D eigenvalue weighted by atomic mass is 9.89. The number of ether oxygens (including phenoxy) is 2. The monoisotopic (exact) mass is 300 g/mol. The van der Waals surface area contributed by atoms with Crippen molar-refractivity contribution < 1.29 is 14.3 Å². The zero-order valence-electron chi connectivity index (χ0n) is 12.2. The molecule has 2 aromatic rings. The van der Waals surface area contributed by atoms with E-state index in [4.69, 9.17) is 9.47 Å². The van der Waals surface area contributed by atoms with E-state index < -0.39 is 0 Å². The molecule has 0 bridgehead atoms. The van der Waals surface area contributed by atoms with Gasteiger partial charge in [-0.05, 0) is 18.6 Å². The van der Waals surface area contributed by atoms with E-state index in [2.05, 4.69) is 15.4 Å². The minimum absolute atomic E-state index is 0.0279. The van der Waals surface area contributed by atoms with Crippen LogP contribution in [-0.4, -0.2) is 33.9 Å². The lowest BCUT2D eigenvalue weighted by Gasteiger charge is -2.28. The summed E-state index contributed by atoms with van der Waals surface area (Å²) in [5.41, 5.74) is 1.75. The number of nitrogens with zero attached hydrogens (tertiary/aromatic N) is 3. The van der Waals surface area contributed by atoms with Crippen molar-refractivity contribution in [3.05, 3.63) is 29.8 Å². The first-order chi connectivity index (χ1) is 10.8. The van der Waals surface area contributed by atoms with E-state index in [0.29, 0.717) is 37.7 Å². The number of nitrogens with one attached hydrogen (secondary N) is 1. The number of benzene rings is 1. The summed E-state index contributed by atoms with van der Waals surface area (Å²) < 4.78 is 13.1. The molecule has 4 rings (SSSR count). The molecule has 1 N–H and O–H groups in total. The Hall–Kier alpha value is -2.57. The number of carbonyl (C=O) groups is 1. The van der Waals surface area contributed by atoms with Crippen LogP contribution in [0.25, 0.3) is 0 Å². The first kappa shape index (κ1) is 13.1. The first-order valence-electron chi connectivity index (χ1n) is 7.37. The van der Waals surface area contributed by atoms with Gasteiger partial charge in [-0.3, -0.25) is 4.79 Å². The van der Waals surface area contributed by atoms with Crippen LogP contribution in [-0.2, 0) is 11.3 Å². The van der Waals surface area contributed by atoms with Crippen LogP contribution < -0.4 is 14.8 Å². The molecule has 1 unspecified atom stereocenters. The van der Waals surface area contributed by atoms with Gasteiger partial charge in [0.2, 0.25) is 5.91 Å². The van der Waals surface area contributed by atoms with Gasteiger partial charge in [-0.1, -0.05) is 0 Å². The van der Waals surface area contributed by atoms with E-state index in [1.165, 1.54) is 6.33 Å². The van der Waals surface area contributed by atoms with Crippen LogP contribution in [0.5, 0.6) is 11.5 Å². The topological polar surface area (TPSA) is 78.3 Å². The van der Waals surface area contributed by atoms with Crippen molar-refractivity contribution in [2.75, 3.05) is 18.5 Å². The van der Waals surface area contributed by atoms with Crippen molar-refractivity contribution in [1.29, 1.82) is 0 Å². The van der Waals surface area contributed by atoms with Gasteiger partial charge >= 0.3 is 0 Å². The van der Waals surface area contributed by atoms with Crippen molar-refractivity contribution in [3.8, 4) is 11.5 Å². The molecule has 0 spiro atoms. The van der Waals surface area contributed by atoms with Gasteiger partial charge in [0.1, 0.15) is 25.4 Å². The third-order valence-corrected chi connectivity index (χ3v) is 4.01. The number of aromatic nitrogens is 3. The van der Waals surface area contributed by atoms with Gasteiger partial charge < -0.3 is 14.8 Å². The summed E-state index contributed by atoms with van der Waals surface area (Å²) in [6.45, 7) is 3.78. The lowest BCUT2D eigenvalue weighted by Crippen LogP contribution is -2.26. The molecular formula is C15H16N4O3. The highest BCUT2D eigenvalue weighted by atomic mass is 16.6. The Bertz CT molecular complexity index is 740. The molecule has 3 heterocycles. The Kier molecular flexibility index (Phi) is 2.99. The van der Waals surface area contributed by atoms with Gasteiger partial charge in [-0.25, -0.2) is 9.67 Å². The quantitative estimate of drug-likeness (QED) is 0.910. The zero-order valence-corrected chi connectivity index (χ0v) is 12.2. The number of fused-ring (bicyclic) bond motifs is 2. The molecule has 0 aliphatic carbocycles. The third kappa shape index (κ3) is 2.01. The molecule has 1 aromatic carbocycles. The van der Waals surface area contributed by atoms with Crippen LogP contribution in [0.2, 0.25) is 0 Å². The largest absolute Gasteiger partial charge is 0.486 e. The molecule has 0 saturated carbocycles. The van der Waals surface area contributed by atoms with Crippen LogP contribution in [0.1, 0.15) is 30.7 Å². The van der Waals surface area contributed by atoms with Crippen LogP contribution in [0.15, 0.2) is 18.5 Å². The van der Waals surface area contributed by atoms with Gasteiger partial charge in [-0.15, -0.1) is 0 Å². The molecule has 22 heavy (non-hydrogen) atoms. The summed E-state index contributed by atoms with van der Waals surface area (Å²) in [6, 6.07) is 3.78. The van der Waals surface area contributed by atoms with E-state index in [1.54, 1.807) is 0 Å². The Morgan fingerprint density at radius 2 is 2.09 bits per heavy atom. The fourth-order valence-electron chi connectivity index (χ4n) is 3.01. The molecule has 0 fully saturated rings. The van der Waals surface area contributed by atoms with E-state index in [-0.39, 0.29) is 11.8 Å². The molecule has 7 nitrogen and oxygen atoms in total. The summed E-state index contributed by atoms with van der Waals surface area (Å²) in [5, 5.41) is 7.12. The van der Waals surface area contributed by atoms with E-state index in [0.717, 1.165) is 17.1 Å². The fourth-order valence-corrected chi connectivity index (χ4v) is 3.01. The minimum atomic E-state index is -0.123. The first-order valence-corrected chi connectivity index (χ1v) is 7.37. The van der Waals surface area contributed by atoms with Crippen LogP contribution in [0.3, 0.4) is 0 Å². The number of aryl methyl sites for hydroxylation is 1. The normalized spacial score (nSPS) is 19.5. The Morgan fingerprint density at radius 3 is 2.86 bits per heavy atom. The minimum Gasteiger partial charge on any atom is -0.486 e. The Labute approximate surface area is 127 Å². The molecular weight excluding hydrogens is 284 g/mol. The number of amides is 1. The smallest absolute Gasteiger partial charge is 0.225 e. The van der Waals surface area contributed by atoms with Crippen molar-refractivity contribution in [2.45, 2.75) is 25.8 Å². The van der Waals surface area contributed by atoms with Gasteiger partial charge in [-0.2, -0.15) is 5.10 Å². The van der Waals surface area contributed by atoms with Gasteiger partial charge in [0.05, 0.1) is 5.92 Å². The molecule has 1 amide bonds. The van der Waals surface area contributed by atoms with Crippen LogP contribution >= 0.6 is 0 Å². The number of anilines is 1. The predicted molar refractivity (Wildman–Crippen MR) is 78.2 cm³/mol. The highest BCUT2D eigenvalue weighted by Gasteiger charge is 2.32. The maximum atomic E-state index is 12.1. The Morgan fingerprint density at radius 1 is 1.32 bits per heavy atom. The molecule has 2 aliphatic heterocycles. The molecule has 0 radical (unpaired) electrons. The molecule has 0 saturated heterocycles. The van der Waals surface area contributed by atoms with Crippen molar-refractivity contribution in [3.63, 3.8) is 0 Å². The maximum absolute atomic E-state index is 12.1. The van der Waals surface area contributed by atoms with E-state index in [9.17, 15) is 4.79 Å². The lowest BCUT2D eigenvalue weighted by molar-refractivity contribution is -0.116. The summed E-state index contributed by atoms with van der Waals surface area (Å²) in [6.07, 6.45) is 1.88. The summed E-state index contributed by atoms with van der Waals surface area (Å²) in [7, 11) is 0. The van der Waals surface area contributed by atoms with E-state index in [1.807, 2.05) is 23.7 Å². The second-order valence-electron chi connectivity index (χ2n) is 5.32. The predicted octanol–water partition coefficient (Wildman–Crippen LogP) is 1.54. The standard InChI is InChI=1S/C15H16N4O3/c1-2-19-15(16-8-17-19)10-6-14(20)18-11-7-13-12(5-9(10)11)21-3-4-22-13/h5,7-8,10H,2-4,6H2,1H3,(H,18,20). The highest BCUT2D eigenvalue weighted by Crippen LogP contribution is 2.43. The third-order valence-electron chi connectivity index (χ3n) is 4.01. The SMILES string of the molecule is CCn1ncnc1C1CC(=O)Nc2cc3c(cc21)OCCO3. The fraction of sp³-hybridized carbons (Fsp3) is 0.400. The van der Waals surface area contributed by atoms with Gasteiger partial charge in [0, 0.05) is 24.7 Å². The average molecular weight is 300 g/mol. The number of carbonyl (C=O) groups excluding carboxylic acids is 1. The van der Waals surface area contributed by atoms with Crippen LogP contribution in [0.4, 0.5) is 5.69 Å².